The molecule has 0 aliphatic heterocycles. The molecule has 1 unspecified atom stereocenters. The molecule has 6 heteroatoms. The molecule has 0 aliphatic carbocycles. The van der Waals surface area contributed by atoms with Crippen LogP contribution in [-0.2, 0) is 28.6 Å². The van der Waals surface area contributed by atoms with E-state index < -0.39 is 6.10 Å². The third kappa shape index (κ3) is 49.1. The third-order valence-corrected chi connectivity index (χ3v) is 10.5. The minimum Gasteiger partial charge on any atom is -0.462 e. The first-order valence-corrected chi connectivity index (χ1v) is 25.9. The Balaban J connectivity index is 4.39. The molecule has 0 aliphatic rings. The van der Waals surface area contributed by atoms with E-state index in [1.54, 1.807) is 0 Å². The number of unbranched alkanes of at least 4 members (excludes halogenated alkanes) is 16. The molecule has 6 nitrogen and oxygen atoms in total. The molecule has 0 saturated heterocycles. The van der Waals surface area contributed by atoms with E-state index >= 15 is 0 Å². The van der Waals surface area contributed by atoms with Gasteiger partial charge in [0.1, 0.15) is 13.2 Å². The van der Waals surface area contributed by atoms with Crippen molar-refractivity contribution >= 4 is 17.9 Å². The fourth-order valence-corrected chi connectivity index (χ4v) is 6.70. The maximum atomic E-state index is 12.8. The summed E-state index contributed by atoms with van der Waals surface area (Å²) in [7, 11) is 0. The molecule has 0 aromatic rings. The van der Waals surface area contributed by atoms with Crippen molar-refractivity contribution in [2.75, 3.05) is 13.2 Å². The Bertz CT molecular complexity index is 1340. The Morgan fingerprint density at radius 2 is 0.625 bits per heavy atom. The number of allylic oxidation sites excluding steroid dienone is 18. The summed E-state index contributed by atoms with van der Waals surface area (Å²) in [5.74, 6) is -0.981. The molecule has 0 aromatic carbocycles. The Labute approximate surface area is 393 Å². The van der Waals surface area contributed by atoms with Crippen LogP contribution >= 0.6 is 0 Å². The van der Waals surface area contributed by atoms with Crippen LogP contribution in [0.1, 0.15) is 220 Å². The minimum absolute atomic E-state index is 0.104. The van der Waals surface area contributed by atoms with Crippen LogP contribution in [0.2, 0.25) is 0 Å². The van der Waals surface area contributed by atoms with E-state index in [1.807, 2.05) is 0 Å². The lowest BCUT2D eigenvalue weighted by molar-refractivity contribution is -0.167. The maximum absolute atomic E-state index is 12.8. The highest BCUT2D eigenvalue weighted by Crippen LogP contribution is 2.13. The highest BCUT2D eigenvalue weighted by Gasteiger charge is 2.19. The SMILES string of the molecule is CC/C=C\C/C=C\C/C=C\C/C=C\C/C=C\CCCC(=O)OC(COC(=O)CCCCCCCCCC)COC(=O)CCCCCCCCCC/C=C\C/C=C\C/C=C\C/C=C\CC. The van der Waals surface area contributed by atoms with Crippen LogP contribution in [0.5, 0.6) is 0 Å². The molecule has 0 fully saturated rings. The van der Waals surface area contributed by atoms with Gasteiger partial charge in [-0.25, -0.2) is 0 Å². The first-order chi connectivity index (χ1) is 31.5. The molecular formula is C58H94O6. The zero-order valence-electron chi connectivity index (χ0n) is 41.3. The monoisotopic (exact) mass is 887 g/mol. The second kappa shape index (κ2) is 51.7. The average Bonchev–Trinajstić information content (AvgIpc) is 3.29. The topological polar surface area (TPSA) is 78.9 Å². The molecule has 0 radical (unpaired) electrons. The van der Waals surface area contributed by atoms with Crippen LogP contribution in [0.25, 0.3) is 0 Å². The van der Waals surface area contributed by atoms with Gasteiger partial charge >= 0.3 is 17.9 Å². The van der Waals surface area contributed by atoms with E-state index in [0.717, 1.165) is 109 Å². The predicted molar refractivity (Wildman–Crippen MR) is 274 cm³/mol. The smallest absolute Gasteiger partial charge is 0.306 e. The second-order valence-electron chi connectivity index (χ2n) is 16.7. The molecular weight excluding hydrogens is 793 g/mol. The lowest BCUT2D eigenvalue weighted by Gasteiger charge is -2.18. The quantitative estimate of drug-likeness (QED) is 0.0262. The van der Waals surface area contributed by atoms with Gasteiger partial charge in [0.2, 0.25) is 0 Å². The Morgan fingerprint density at radius 1 is 0.328 bits per heavy atom. The summed E-state index contributed by atoms with van der Waals surface area (Å²) in [6.45, 7) is 6.31. The van der Waals surface area contributed by atoms with Crippen LogP contribution in [0.15, 0.2) is 109 Å². The highest BCUT2D eigenvalue weighted by molar-refractivity contribution is 5.71. The van der Waals surface area contributed by atoms with Crippen LogP contribution in [-0.4, -0.2) is 37.2 Å². The van der Waals surface area contributed by atoms with E-state index in [0.29, 0.717) is 19.3 Å². The van der Waals surface area contributed by atoms with E-state index in [-0.39, 0.29) is 37.5 Å². The van der Waals surface area contributed by atoms with Gasteiger partial charge in [-0.2, -0.15) is 0 Å². The van der Waals surface area contributed by atoms with E-state index in [2.05, 4.69) is 130 Å². The summed E-state index contributed by atoms with van der Waals surface area (Å²) >= 11 is 0. The summed E-state index contributed by atoms with van der Waals surface area (Å²) < 4.78 is 16.7. The van der Waals surface area contributed by atoms with Crippen molar-refractivity contribution in [2.24, 2.45) is 0 Å². The molecule has 0 bridgehead atoms. The van der Waals surface area contributed by atoms with Crippen molar-refractivity contribution in [3.8, 4) is 0 Å². The van der Waals surface area contributed by atoms with E-state index in [9.17, 15) is 14.4 Å². The molecule has 0 saturated carbocycles. The van der Waals surface area contributed by atoms with Gasteiger partial charge in [0.05, 0.1) is 0 Å². The van der Waals surface area contributed by atoms with Crippen molar-refractivity contribution in [3.63, 3.8) is 0 Å². The van der Waals surface area contributed by atoms with Gasteiger partial charge in [-0.1, -0.05) is 214 Å². The normalized spacial score (nSPS) is 13.0. The number of carbonyl (C=O) groups is 3. The van der Waals surface area contributed by atoms with E-state index in [1.165, 1.54) is 64.2 Å². The first-order valence-electron chi connectivity index (χ1n) is 25.9. The van der Waals surface area contributed by atoms with Gasteiger partial charge in [0.15, 0.2) is 6.10 Å². The second-order valence-corrected chi connectivity index (χ2v) is 16.7. The van der Waals surface area contributed by atoms with Gasteiger partial charge < -0.3 is 14.2 Å². The standard InChI is InChI=1S/C58H94O6/c1-4-7-10-13-16-19-21-23-25-27-28-29-30-32-33-35-37-39-42-45-48-51-57(60)63-54-55(53-62-56(59)50-47-44-41-18-15-12-9-6-3)64-58(61)52-49-46-43-40-38-36-34-31-26-24-22-20-17-14-11-8-5-2/h7-8,10-11,16-17,19-20,23-26,28-29,34,36,40,43,55H,4-6,9,12-15,18,21-22,27,30-33,35,37-39,41-42,44-54H2,1-3H3/b10-7-,11-8-,19-16-,20-17-,25-23-,26-24-,29-28-,36-34-,43-40-. The Hall–Kier alpha value is -3.93. The van der Waals surface area contributed by atoms with Gasteiger partial charge in [-0.05, 0) is 96.3 Å². The lowest BCUT2D eigenvalue weighted by Crippen LogP contribution is -2.30. The van der Waals surface area contributed by atoms with Crippen molar-refractivity contribution in [3.05, 3.63) is 109 Å². The minimum atomic E-state index is -0.810. The van der Waals surface area contributed by atoms with Crippen molar-refractivity contribution in [1.82, 2.24) is 0 Å². The first kappa shape index (κ1) is 60.1. The summed E-state index contributed by atoms with van der Waals surface area (Å²) in [4.78, 5) is 37.9. The molecule has 0 aromatic heterocycles. The fourth-order valence-electron chi connectivity index (χ4n) is 6.70. The Morgan fingerprint density at radius 3 is 1.00 bits per heavy atom. The van der Waals surface area contributed by atoms with Crippen LogP contribution in [0, 0.1) is 0 Å². The number of hydrogen-bond donors (Lipinski definition) is 0. The van der Waals surface area contributed by atoms with Crippen LogP contribution in [0.3, 0.4) is 0 Å². The summed E-state index contributed by atoms with van der Waals surface area (Å²) in [5, 5.41) is 0. The zero-order valence-corrected chi connectivity index (χ0v) is 41.3. The molecule has 0 heterocycles. The average molecular weight is 887 g/mol. The van der Waals surface area contributed by atoms with Crippen molar-refractivity contribution < 1.29 is 28.6 Å². The number of carbonyl (C=O) groups excluding carboxylic acids is 3. The summed E-state index contributed by atoms with van der Waals surface area (Å²) in [6, 6.07) is 0. The number of hydrogen-bond acceptors (Lipinski definition) is 6. The largest absolute Gasteiger partial charge is 0.462 e. The molecule has 0 spiro atoms. The van der Waals surface area contributed by atoms with Crippen molar-refractivity contribution in [1.29, 1.82) is 0 Å². The molecule has 0 rings (SSSR count). The number of ether oxygens (including phenoxy) is 3. The lowest BCUT2D eigenvalue weighted by atomic mass is 10.1. The van der Waals surface area contributed by atoms with Gasteiger partial charge in [0.25, 0.3) is 0 Å². The maximum Gasteiger partial charge on any atom is 0.306 e. The fraction of sp³-hybridized carbons (Fsp3) is 0.638. The summed E-state index contributed by atoms with van der Waals surface area (Å²) in [6.07, 6.45) is 69.5. The van der Waals surface area contributed by atoms with Crippen LogP contribution in [0.4, 0.5) is 0 Å². The molecule has 362 valence electrons. The zero-order chi connectivity index (χ0) is 46.5. The number of rotatable bonds is 45. The predicted octanol–water partition coefficient (Wildman–Crippen LogP) is 17.1. The summed E-state index contributed by atoms with van der Waals surface area (Å²) in [5.41, 5.74) is 0. The van der Waals surface area contributed by atoms with Gasteiger partial charge in [-0.15, -0.1) is 0 Å². The molecule has 0 amide bonds. The third-order valence-electron chi connectivity index (χ3n) is 10.5. The Kier molecular flexibility index (Phi) is 48.5. The van der Waals surface area contributed by atoms with Gasteiger partial charge in [0, 0.05) is 19.3 Å². The molecule has 64 heavy (non-hydrogen) atoms. The number of esters is 3. The van der Waals surface area contributed by atoms with E-state index in [4.69, 9.17) is 14.2 Å². The van der Waals surface area contributed by atoms with Crippen LogP contribution < -0.4 is 0 Å². The van der Waals surface area contributed by atoms with Gasteiger partial charge in [-0.3, -0.25) is 14.4 Å². The highest BCUT2D eigenvalue weighted by atomic mass is 16.6. The van der Waals surface area contributed by atoms with Crippen molar-refractivity contribution in [2.45, 2.75) is 226 Å². The molecule has 0 N–H and O–H groups in total. The molecule has 1 atom stereocenters.